The minimum atomic E-state index is 0.629. The van der Waals surface area contributed by atoms with E-state index in [-0.39, 0.29) is 0 Å². The summed E-state index contributed by atoms with van der Waals surface area (Å²) in [6, 6.07) is 8.30. The van der Waals surface area contributed by atoms with Gasteiger partial charge in [0, 0.05) is 55.3 Å². The third kappa shape index (κ3) is 3.42. The average molecular weight is 344 g/mol. The van der Waals surface area contributed by atoms with Crippen molar-refractivity contribution in [2.24, 2.45) is 0 Å². The van der Waals surface area contributed by atoms with Crippen molar-refractivity contribution >= 4 is 11.0 Å². The summed E-state index contributed by atoms with van der Waals surface area (Å²) < 4.78 is 5.11. The summed E-state index contributed by atoms with van der Waals surface area (Å²) in [6.45, 7) is 2.06. The average Bonchev–Trinajstić information content (AvgIpc) is 3.05. The van der Waals surface area contributed by atoms with Crippen LogP contribution in [0.3, 0.4) is 0 Å². The second kappa shape index (κ2) is 6.96. The smallest absolute Gasteiger partial charge is 0.212 e. The summed E-state index contributed by atoms with van der Waals surface area (Å²) in [7, 11) is 1.62. The van der Waals surface area contributed by atoms with Crippen molar-refractivity contribution < 1.29 is 4.74 Å². The molecule has 0 saturated carbocycles. The number of aryl methyl sites for hydroxylation is 1. The number of aromatic nitrogens is 4. The first kappa shape index (κ1) is 16.3. The summed E-state index contributed by atoms with van der Waals surface area (Å²) >= 11 is 0. The van der Waals surface area contributed by atoms with Gasteiger partial charge in [0.2, 0.25) is 5.88 Å². The molecule has 0 radical (unpaired) electrons. The van der Waals surface area contributed by atoms with Crippen molar-refractivity contribution in [3.05, 3.63) is 83.1 Å². The minimum Gasteiger partial charge on any atom is -0.481 e. The van der Waals surface area contributed by atoms with E-state index in [4.69, 9.17) is 4.74 Å². The lowest BCUT2D eigenvalue weighted by Crippen LogP contribution is -1.95. The molecule has 130 valence electrons. The molecule has 5 heteroatoms. The lowest BCUT2D eigenvalue weighted by Gasteiger charge is -2.06. The number of ether oxygens (including phenoxy) is 1. The van der Waals surface area contributed by atoms with Crippen molar-refractivity contribution in [2.45, 2.75) is 19.8 Å². The van der Waals surface area contributed by atoms with Gasteiger partial charge in [-0.15, -0.1) is 0 Å². The van der Waals surface area contributed by atoms with Gasteiger partial charge in [-0.25, -0.2) is 9.97 Å². The minimum absolute atomic E-state index is 0.629. The molecule has 5 nitrogen and oxygen atoms in total. The molecule has 0 aliphatic heterocycles. The van der Waals surface area contributed by atoms with Gasteiger partial charge in [0.15, 0.2) is 0 Å². The van der Waals surface area contributed by atoms with Crippen molar-refractivity contribution in [1.82, 2.24) is 19.9 Å². The van der Waals surface area contributed by atoms with Gasteiger partial charge in [0.25, 0.3) is 0 Å². The van der Waals surface area contributed by atoms with Gasteiger partial charge in [-0.05, 0) is 40.8 Å². The number of H-pyrrole nitrogens is 1. The van der Waals surface area contributed by atoms with E-state index in [0.717, 1.165) is 29.6 Å². The number of methoxy groups -OCH3 is 1. The molecule has 0 aliphatic rings. The number of fused-ring (bicyclic) bond motifs is 1. The van der Waals surface area contributed by atoms with E-state index in [0.29, 0.717) is 5.88 Å². The summed E-state index contributed by atoms with van der Waals surface area (Å²) in [5.74, 6) is 0.629. The SMILES string of the molecule is COc1ccc(Cc2cncc(Cc3c[nH]c4ncc(C)cc34)c2)cn1. The molecule has 0 unspecified atom stereocenters. The zero-order chi connectivity index (χ0) is 17.9. The second-order valence-electron chi connectivity index (χ2n) is 6.49. The molecule has 26 heavy (non-hydrogen) atoms. The number of pyridine rings is 3. The molecule has 0 spiro atoms. The Balaban J connectivity index is 1.55. The molecule has 0 bridgehead atoms. The largest absolute Gasteiger partial charge is 0.481 e. The molecule has 0 aromatic carbocycles. The number of hydrogen-bond acceptors (Lipinski definition) is 4. The van der Waals surface area contributed by atoms with Gasteiger partial charge >= 0.3 is 0 Å². The Morgan fingerprint density at radius 3 is 2.54 bits per heavy atom. The molecular formula is C21H20N4O. The van der Waals surface area contributed by atoms with Crippen LogP contribution in [-0.4, -0.2) is 27.0 Å². The zero-order valence-corrected chi connectivity index (χ0v) is 14.9. The molecule has 0 fully saturated rings. The molecule has 4 rings (SSSR count). The van der Waals surface area contributed by atoms with E-state index in [1.54, 1.807) is 7.11 Å². The fourth-order valence-corrected chi connectivity index (χ4v) is 3.14. The molecule has 0 atom stereocenters. The first-order valence-electron chi connectivity index (χ1n) is 8.55. The lowest BCUT2D eigenvalue weighted by molar-refractivity contribution is 0.397. The highest BCUT2D eigenvalue weighted by molar-refractivity contribution is 5.80. The van der Waals surface area contributed by atoms with Crippen LogP contribution in [0.15, 0.2) is 55.2 Å². The van der Waals surface area contributed by atoms with Gasteiger partial charge in [0.05, 0.1) is 7.11 Å². The fourth-order valence-electron chi connectivity index (χ4n) is 3.14. The predicted octanol–water partition coefficient (Wildman–Crippen LogP) is 3.85. The maximum absolute atomic E-state index is 5.11. The first-order chi connectivity index (χ1) is 12.7. The second-order valence-corrected chi connectivity index (χ2v) is 6.49. The maximum Gasteiger partial charge on any atom is 0.212 e. The van der Waals surface area contributed by atoms with Gasteiger partial charge in [-0.2, -0.15) is 0 Å². The van der Waals surface area contributed by atoms with Gasteiger partial charge in [-0.1, -0.05) is 12.1 Å². The number of nitrogens with zero attached hydrogens (tertiary/aromatic N) is 3. The Hall–Kier alpha value is -3.21. The standard InChI is InChI=1S/C21H20N4O/c1-14-5-19-18(13-25-21(19)24-9-14)8-17-7-16(10-22-11-17)6-15-3-4-20(26-2)23-12-15/h3-5,7,9-13H,6,8H2,1-2H3,(H,24,25). The van der Waals surface area contributed by atoms with Crippen molar-refractivity contribution in [3.8, 4) is 5.88 Å². The zero-order valence-electron chi connectivity index (χ0n) is 14.9. The Kier molecular flexibility index (Phi) is 4.35. The number of nitrogens with one attached hydrogen (secondary N) is 1. The van der Waals surface area contributed by atoms with Crippen LogP contribution in [0.4, 0.5) is 0 Å². The molecule has 0 saturated heterocycles. The van der Waals surface area contributed by atoms with Gasteiger partial charge in [-0.3, -0.25) is 4.98 Å². The normalized spacial score (nSPS) is 11.0. The van der Waals surface area contributed by atoms with Crippen molar-refractivity contribution in [1.29, 1.82) is 0 Å². The molecule has 1 N–H and O–H groups in total. The molecule has 0 aliphatic carbocycles. The fraction of sp³-hybridized carbons (Fsp3) is 0.190. The number of rotatable bonds is 5. The summed E-state index contributed by atoms with van der Waals surface area (Å²) in [5.41, 5.74) is 6.82. The lowest BCUT2D eigenvalue weighted by atomic mass is 10.0. The molecule has 4 aromatic heterocycles. The summed E-state index contributed by atoms with van der Waals surface area (Å²) in [6.07, 6.45) is 11.2. The van der Waals surface area contributed by atoms with Gasteiger partial charge < -0.3 is 9.72 Å². The van der Waals surface area contributed by atoms with E-state index in [1.165, 1.54) is 22.1 Å². The van der Waals surface area contributed by atoms with Crippen LogP contribution in [0.25, 0.3) is 11.0 Å². The van der Waals surface area contributed by atoms with Crippen LogP contribution in [0, 0.1) is 6.92 Å². The number of hydrogen-bond donors (Lipinski definition) is 1. The first-order valence-corrected chi connectivity index (χ1v) is 8.55. The Morgan fingerprint density at radius 2 is 1.77 bits per heavy atom. The predicted molar refractivity (Wildman–Crippen MR) is 101 cm³/mol. The maximum atomic E-state index is 5.11. The highest BCUT2D eigenvalue weighted by Crippen LogP contribution is 2.21. The van der Waals surface area contributed by atoms with Crippen molar-refractivity contribution in [3.63, 3.8) is 0 Å². The van der Waals surface area contributed by atoms with Crippen LogP contribution in [0.1, 0.15) is 27.8 Å². The van der Waals surface area contributed by atoms with Crippen LogP contribution in [0.2, 0.25) is 0 Å². The van der Waals surface area contributed by atoms with Crippen LogP contribution >= 0.6 is 0 Å². The molecular weight excluding hydrogens is 324 g/mol. The van der Waals surface area contributed by atoms with E-state index in [1.807, 2.05) is 43.1 Å². The highest BCUT2D eigenvalue weighted by atomic mass is 16.5. The third-order valence-electron chi connectivity index (χ3n) is 4.41. The highest BCUT2D eigenvalue weighted by Gasteiger charge is 2.07. The quantitative estimate of drug-likeness (QED) is 0.597. The Bertz CT molecular complexity index is 1040. The van der Waals surface area contributed by atoms with E-state index in [2.05, 4.69) is 39.0 Å². The van der Waals surface area contributed by atoms with Crippen LogP contribution < -0.4 is 4.74 Å². The van der Waals surface area contributed by atoms with E-state index >= 15 is 0 Å². The molecule has 4 aromatic rings. The Morgan fingerprint density at radius 1 is 0.923 bits per heavy atom. The van der Waals surface area contributed by atoms with Gasteiger partial charge in [0.1, 0.15) is 5.65 Å². The van der Waals surface area contributed by atoms with Crippen LogP contribution in [0.5, 0.6) is 5.88 Å². The monoisotopic (exact) mass is 344 g/mol. The topological polar surface area (TPSA) is 63.7 Å². The Labute approximate surface area is 152 Å². The van der Waals surface area contributed by atoms with Crippen LogP contribution in [-0.2, 0) is 12.8 Å². The summed E-state index contributed by atoms with van der Waals surface area (Å²) in [4.78, 5) is 16.4. The summed E-state index contributed by atoms with van der Waals surface area (Å²) in [5, 5.41) is 1.18. The van der Waals surface area contributed by atoms with Crippen molar-refractivity contribution in [2.75, 3.05) is 7.11 Å². The number of aromatic amines is 1. The third-order valence-corrected chi connectivity index (χ3v) is 4.41. The van der Waals surface area contributed by atoms with E-state index in [9.17, 15) is 0 Å². The van der Waals surface area contributed by atoms with E-state index < -0.39 is 0 Å². The molecule has 0 amide bonds. The molecule has 4 heterocycles.